The van der Waals surface area contributed by atoms with E-state index in [0.29, 0.717) is 0 Å². The molecule has 1 aliphatic carbocycles. The molecule has 0 bridgehead atoms. The first-order chi connectivity index (χ1) is 9.76. The highest BCUT2D eigenvalue weighted by molar-refractivity contribution is 5.27. The van der Waals surface area contributed by atoms with Gasteiger partial charge in [0.25, 0.3) is 0 Å². The van der Waals surface area contributed by atoms with Gasteiger partial charge in [-0.15, -0.1) is 0 Å². The van der Waals surface area contributed by atoms with Crippen molar-refractivity contribution in [2.24, 2.45) is 5.92 Å². The van der Waals surface area contributed by atoms with Crippen LogP contribution in [-0.2, 0) is 6.54 Å². The van der Waals surface area contributed by atoms with Crippen LogP contribution in [0.5, 0.6) is 5.75 Å². The Morgan fingerprint density at radius 2 is 2.15 bits per heavy atom. The SMILES string of the molecule is CCCn1ncc(OC)c1C(O)CCC1CCCCC1. The van der Waals surface area contributed by atoms with E-state index in [2.05, 4.69) is 12.0 Å². The second-order valence-corrected chi connectivity index (χ2v) is 5.92. The number of rotatable bonds is 7. The molecule has 0 amide bonds. The lowest BCUT2D eigenvalue weighted by Crippen LogP contribution is -2.13. The van der Waals surface area contributed by atoms with Crippen LogP contribution in [-0.4, -0.2) is 22.0 Å². The summed E-state index contributed by atoms with van der Waals surface area (Å²) in [5, 5.41) is 14.8. The molecule has 2 rings (SSSR count). The fourth-order valence-corrected chi connectivity index (χ4v) is 3.27. The van der Waals surface area contributed by atoms with Gasteiger partial charge in [-0.25, -0.2) is 0 Å². The Bertz CT molecular complexity index is 397. The van der Waals surface area contributed by atoms with Crippen LogP contribution in [0.15, 0.2) is 6.20 Å². The molecule has 0 aromatic carbocycles. The Morgan fingerprint density at radius 3 is 2.80 bits per heavy atom. The van der Waals surface area contributed by atoms with Crippen LogP contribution < -0.4 is 4.74 Å². The van der Waals surface area contributed by atoms with E-state index in [1.54, 1.807) is 13.3 Å². The van der Waals surface area contributed by atoms with E-state index < -0.39 is 6.10 Å². The summed E-state index contributed by atoms with van der Waals surface area (Å²) in [7, 11) is 1.64. The third-order valence-electron chi connectivity index (χ3n) is 4.39. The zero-order valence-electron chi connectivity index (χ0n) is 12.8. The van der Waals surface area contributed by atoms with Crippen molar-refractivity contribution in [3.63, 3.8) is 0 Å². The molecule has 1 unspecified atom stereocenters. The van der Waals surface area contributed by atoms with E-state index in [1.807, 2.05) is 4.68 Å². The lowest BCUT2D eigenvalue weighted by molar-refractivity contribution is 0.138. The Kier molecular flexibility index (Phi) is 5.89. The molecule has 0 saturated heterocycles. The smallest absolute Gasteiger partial charge is 0.162 e. The minimum Gasteiger partial charge on any atom is -0.493 e. The summed E-state index contributed by atoms with van der Waals surface area (Å²) in [6.45, 7) is 2.95. The van der Waals surface area contributed by atoms with E-state index in [0.717, 1.165) is 43.2 Å². The summed E-state index contributed by atoms with van der Waals surface area (Å²) in [5.74, 6) is 1.52. The first-order valence-corrected chi connectivity index (χ1v) is 8.04. The van der Waals surface area contributed by atoms with Crippen LogP contribution in [0.2, 0.25) is 0 Å². The molecule has 114 valence electrons. The van der Waals surface area contributed by atoms with E-state index in [9.17, 15) is 5.11 Å². The van der Waals surface area contributed by atoms with Gasteiger partial charge in [0.2, 0.25) is 0 Å². The summed E-state index contributed by atoms with van der Waals surface area (Å²) >= 11 is 0. The maximum atomic E-state index is 10.5. The molecule has 1 N–H and O–H groups in total. The highest BCUT2D eigenvalue weighted by atomic mass is 16.5. The van der Waals surface area contributed by atoms with Crippen molar-refractivity contribution < 1.29 is 9.84 Å². The maximum Gasteiger partial charge on any atom is 0.162 e. The molecule has 20 heavy (non-hydrogen) atoms. The lowest BCUT2D eigenvalue weighted by atomic mass is 9.85. The molecule has 1 atom stereocenters. The number of aliphatic hydroxyl groups is 1. The summed E-state index contributed by atoms with van der Waals surface area (Å²) in [6, 6.07) is 0. The quantitative estimate of drug-likeness (QED) is 0.828. The molecule has 1 aromatic heterocycles. The van der Waals surface area contributed by atoms with Gasteiger partial charge in [0.05, 0.1) is 19.4 Å². The van der Waals surface area contributed by atoms with E-state index in [-0.39, 0.29) is 0 Å². The minimum absolute atomic E-state index is 0.457. The van der Waals surface area contributed by atoms with Gasteiger partial charge in [-0.1, -0.05) is 39.0 Å². The van der Waals surface area contributed by atoms with E-state index in [1.165, 1.54) is 32.1 Å². The van der Waals surface area contributed by atoms with Crippen LogP contribution in [0.4, 0.5) is 0 Å². The number of ether oxygens (including phenoxy) is 1. The predicted molar refractivity (Wildman–Crippen MR) is 79.8 cm³/mol. The van der Waals surface area contributed by atoms with E-state index in [4.69, 9.17) is 4.74 Å². The van der Waals surface area contributed by atoms with Gasteiger partial charge in [-0.3, -0.25) is 4.68 Å². The number of hydrogen-bond acceptors (Lipinski definition) is 3. The molecule has 0 aliphatic heterocycles. The summed E-state index contributed by atoms with van der Waals surface area (Å²) in [6.07, 6.45) is 11.0. The van der Waals surface area contributed by atoms with Gasteiger partial charge in [0, 0.05) is 6.54 Å². The maximum absolute atomic E-state index is 10.5. The Hall–Kier alpha value is -1.03. The standard InChI is InChI=1S/C16H28N2O2/c1-3-11-18-16(15(20-2)12-17-18)14(19)10-9-13-7-5-4-6-8-13/h12-14,19H,3-11H2,1-2H3. The van der Waals surface area contributed by atoms with Gasteiger partial charge >= 0.3 is 0 Å². The molecule has 1 saturated carbocycles. The Morgan fingerprint density at radius 1 is 1.40 bits per heavy atom. The van der Waals surface area contributed by atoms with Crippen molar-refractivity contribution >= 4 is 0 Å². The molecule has 1 fully saturated rings. The third kappa shape index (κ3) is 3.75. The number of aliphatic hydroxyl groups excluding tert-OH is 1. The number of aryl methyl sites for hydroxylation is 1. The Balaban J connectivity index is 1.96. The first-order valence-electron chi connectivity index (χ1n) is 8.04. The average molecular weight is 280 g/mol. The van der Waals surface area contributed by atoms with Gasteiger partial charge < -0.3 is 9.84 Å². The molecule has 1 aliphatic rings. The topological polar surface area (TPSA) is 47.3 Å². The lowest BCUT2D eigenvalue weighted by Gasteiger charge is -2.23. The third-order valence-corrected chi connectivity index (χ3v) is 4.39. The monoisotopic (exact) mass is 280 g/mol. The van der Waals surface area contributed by atoms with Crippen LogP contribution in [0.25, 0.3) is 0 Å². The van der Waals surface area contributed by atoms with Gasteiger partial charge in [-0.05, 0) is 25.2 Å². The zero-order chi connectivity index (χ0) is 14.4. The van der Waals surface area contributed by atoms with Crippen LogP contribution in [0.3, 0.4) is 0 Å². The molecule has 4 nitrogen and oxygen atoms in total. The number of methoxy groups -OCH3 is 1. The van der Waals surface area contributed by atoms with Crippen LogP contribution in [0.1, 0.15) is 70.1 Å². The number of aromatic nitrogens is 2. The largest absolute Gasteiger partial charge is 0.493 e. The highest BCUT2D eigenvalue weighted by Crippen LogP contribution is 2.33. The number of nitrogens with zero attached hydrogens (tertiary/aromatic N) is 2. The fraction of sp³-hybridized carbons (Fsp3) is 0.812. The van der Waals surface area contributed by atoms with Gasteiger partial charge in [0.15, 0.2) is 5.75 Å². The van der Waals surface area contributed by atoms with Gasteiger partial charge in [0.1, 0.15) is 5.69 Å². The molecule has 1 aromatic rings. The van der Waals surface area contributed by atoms with Crippen molar-refractivity contribution in [3.05, 3.63) is 11.9 Å². The summed E-state index contributed by atoms with van der Waals surface area (Å²) in [4.78, 5) is 0. The molecule has 1 heterocycles. The van der Waals surface area contributed by atoms with Crippen LogP contribution in [0, 0.1) is 5.92 Å². The summed E-state index contributed by atoms with van der Waals surface area (Å²) < 4.78 is 7.24. The predicted octanol–water partition coefficient (Wildman–Crippen LogP) is 3.70. The van der Waals surface area contributed by atoms with E-state index >= 15 is 0 Å². The van der Waals surface area contributed by atoms with Crippen molar-refractivity contribution in [2.45, 2.75) is 70.9 Å². The van der Waals surface area contributed by atoms with Gasteiger partial charge in [-0.2, -0.15) is 5.10 Å². The average Bonchev–Trinajstić information content (AvgIpc) is 2.89. The van der Waals surface area contributed by atoms with Crippen molar-refractivity contribution in [3.8, 4) is 5.75 Å². The summed E-state index contributed by atoms with van der Waals surface area (Å²) in [5.41, 5.74) is 0.852. The zero-order valence-corrected chi connectivity index (χ0v) is 12.8. The molecular formula is C16H28N2O2. The van der Waals surface area contributed by atoms with Crippen molar-refractivity contribution in [1.29, 1.82) is 0 Å². The van der Waals surface area contributed by atoms with Crippen molar-refractivity contribution in [2.75, 3.05) is 7.11 Å². The fourth-order valence-electron chi connectivity index (χ4n) is 3.27. The molecule has 0 spiro atoms. The second kappa shape index (κ2) is 7.67. The highest BCUT2D eigenvalue weighted by Gasteiger charge is 2.21. The first kappa shape index (κ1) is 15.4. The van der Waals surface area contributed by atoms with Crippen LogP contribution >= 0.6 is 0 Å². The molecule has 4 heteroatoms. The minimum atomic E-state index is -0.457. The molecule has 0 radical (unpaired) electrons. The second-order valence-electron chi connectivity index (χ2n) is 5.92. The normalized spacial score (nSPS) is 18.1. The number of hydrogen-bond donors (Lipinski definition) is 1. The Labute approximate surface area is 122 Å². The van der Waals surface area contributed by atoms with Crippen molar-refractivity contribution in [1.82, 2.24) is 9.78 Å². The molecular weight excluding hydrogens is 252 g/mol.